The molecule has 2 heteroatoms. The van der Waals surface area contributed by atoms with E-state index in [0.29, 0.717) is 6.04 Å². The Kier molecular flexibility index (Phi) is 2.50. The van der Waals surface area contributed by atoms with E-state index in [-0.39, 0.29) is 0 Å². The highest BCUT2D eigenvalue weighted by molar-refractivity contribution is 5.62. The predicted octanol–water partition coefficient (Wildman–Crippen LogP) is 3.03. The van der Waals surface area contributed by atoms with Gasteiger partial charge in [-0.3, -0.25) is 0 Å². The van der Waals surface area contributed by atoms with E-state index in [4.69, 9.17) is 0 Å². The van der Waals surface area contributed by atoms with E-state index in [1.54, 1.807) is 0 Å². The van der Waals surface area contributed by atoms with Gasteiger partial charge in [0.05, 0.1) is 0 Å². The fraction of sp³-hybridized carbons (Fsp3) is 0.571. The molecule has 1 aromatic rings. The Hall–Kier alpha value is -1.18. The fourth-order valence-corrected chi connectivity index (χ4v) is 2.81. The molecule has 1 saturated heterocycles. The van der Waals surface area contributed by atoms with Crippen molar-refractivity contribution in [3.8, 4) is 0 Å². The molecule has 86 valence electrons. The smallest absolute Gasteiger partial charge is 0.0376 e. The van der Waals surface area contributed by atoms with Gasteiger partial charge in [-0.25, -0.2) is 0 Å². The van der Waals surface area contributed by atoms with E-state index in [2.05, 4.69) is 35.3 Å². The van der Waals surface area contributed by atoms with Crippen LogP contribution in [0.4, 0.5) is 11.4 Å². The van der Waals surface area contributed by atoms with Crippen LogP contribution in [-0.2, 0) is 6.42 Å². The zero-order valence-electron chi connectivity index (χ0n) is 10.00. The van der Waals surface area contributed by atoms with Crippen LogP contribution in [0.1, 0.15) is 31.7 Å². The van der Waals surface area contributed by atoms with Gasteiger partial charge in [-0.1, -0.05) is 0 Å². The van der Waals surface area contributed by atoms with Crippen molar-refractivity contribution >= 4 is 11.4 Å². The number of nitrogens with zero attached hydrogens (tertiary/aromatic N) is 1. The lowest BCUT2D eigenvalue weighted by Gasteiger charge is -2.26. The quantitative estimate of drug-likeness (QED) is 0.776. The number of anilines is 2. The van der Waals surface area contributed by atoms with Crippen LogP contribution in [0.3, 0.4) is 0 Å². The van der Waals surface area contributed by atoms with E-state index >= 15 is 0 Å². The molecule has 1 aromatic carbocycles. The largest absolute Gasteiger partial charge is 0.382 e. The first-order valence-electron chi connectivity index (χ1n) is 6.47. The van der Waals surface area contributed by atoms with Crippen LogP contribution >= 0.6 is 0 Å². The molecule has 1 unspecified atom stereocenters. The average molecular weight is 216 g/mol. The standard InChI is InChI=1S/C14H20N2/c1-11-4-5-12-10-13(6-7-14(12)15-11)16-8-2-3-9-16/h6-7,10-11,15H,2-5,8-9H2,1H3. The minimum atomic E-state index is 0.630. The second-order valence-electron chi connectivity index (χ2n) is 5.12. The summed E-state index contributed by atoms with van der Waals surface area (Å²) in [5, 5.41) is 3.56. The summed E-state index contributed by atoms with van der Waals surface area (Å²) in [5.41, 5.74) is 4.27. The normalized spacial score (nSPS) is 24.1. The number of nitrogens with one attached hydrogen (secondary N) is 1. The maximum atomic E-state index is 3.56. The molecule has 0 aliphatic carbocycles. The highest BCUT2D eigenvalue weighted by atomic mass is 15.1. The SMILES string of the molecule is CC1CCc2cc(N3CCCC3)ccc2N1. The van der Waals surface area contributed by atoms with Crippen LogP contribution in [0.2, 0.25) is 0 Å². The summed E-state index contributed by atoms with van der Waals surface area (Å²) in [6.07, 6.45) is 5.19. The molecule has 1 N–H and O–H groups in total. The van der Waals surface area contributed by atoms with Crippen molar-refractivity contribution in [3.63, 3.8) is 0 Å². The van der Waals surface area contributed by atoms with Crippen LogP contribution in [-0.4, -0.2) is 19.1 Å². The van der Waals surface area contributed by atoms with Crippen molar-refractivity contribution in [2.45, 2.75) is 38.6 Å². The average Bonchev–Trinajstić information content (AvgIpc) is 2.82. The first-order valence-corrected chi connectivity index (χ1v) is 6.47. The maximum absolute atomic E-state index is 3.56. The predicted molar refractivity (Wildman–Crippen MR) is 69.3 cm³/mol. The lowest BCUT2D eigenvalue weighted by molar-refractivity contribution is 0.681. The van der Waals surface area contributed by atoms with Gasteiger partial charge in [-0.05, 0) is 56.4 Å². The van der Waals surface area contributed by atoms with Crippen molar-refractivity contribution in [3.05, 3.63) is 23.8 Å². The topological polar surface area (TPSA) is 15.3 Å². The van der Waals surface area contributed by atoms with Crippen LogP contribution < -0.4 is 10.2 Å². The summed E-state index contributed by atoms with van der Waals surface area (Å²) < 4.78 is 0. The fourth-order valence-electron chi connectivity index (χ4n) is 2.81. The van der Waals surface area contributed by atoms with E-state index in [1.165, 1.54) is 55.7 Å². The molecule has 0 aromatic heterocycles. The molecule has 16 heavy (non-hydrogen) atoms. The molecule has 3 rings (SSSR count). The Morgan fingerprint density at radius 1 is 1.25 bits per heavy atom. The molecule has 2 heterocycles. The summed E-state index contributed by atoms with van der Waals surface area (Å²) in [6, 6.07) is 7.55. The van der Waals surface area contributed by atoms with Crippen molar-refractivity contribution in [1.29, 1.82) is 0 Å². The molecule has 1 fully saturated rings. The number of hydrogen-bond acceptors (Lipinski definition) is 2. The third kappa shape index (κ3) is 1.77. The van der Waals surface area contributed by atoms with Gasteiger partial charge in [0.1, 0.15) is 0 Å². The van der Waals surface area contributed by atoms with Crippen molar-refractivity contribution in [2.75, 3.05) is 23.3 Å². The Bertz CT molecular complexity index is 380. The molecule has 0 saturated carbocycles. The Labute approximate surface area is 97.6 Å². The minimum absolute atomic E-state index is 0.630. The first kappa shape index (κ1) is 10.0. The second kappa shape index (κ2) is 4.00. The third-order valence-electron chi connectivity index (χ3n) is 3.81. The molecule has 2 aliphatic rings. The Morgan fingerprint density at radius 3 is 2.88 bits per heavy atom. The number of rotatable bonds is 1. The monoisotopic (exact) mass is 216 g/mol. The number of benzene rings is 1. The Morgan fingerprint density at radius 2 is 2.06 bits per heavy atom. The molecule has 1 atom stereocenters. The lowest BCUT2D eigenvalue weighted by atomic mass is 9.98. The van der Waals surface area contributed by atoms with Crippen LogP contribution in [0.15, 0.2) is 18.2 Å². The summed E-state index contributed by atoms with van der Waals surface area (Å²) in [5.74, 6) is 0. The van der Waals surface area contributed by atoms with Crippen molar-refractivity contribution in [1.82, 2.24) is 0 Å². The summed E-state index contributed by atoms with van der Waals surface area (Å²) in [4.78, 5) is 2.51. The van der Waals surface area contributed by atoms with Gasteiger partial charge in [0.25, 0.3) is 0 Å². The third-order valence-corrected chi connectivity index (χ3v) is 3.81. The van der Waals surface area contributed by atoms with Crippen LogP contribution in [0, 0.1) is 0 Å². The van der Waals surface area contributed by atoms with Gasteiger partial charge in [-0.2, -0.15) is 0 Å². The molecule has 0 radical (unpaired) electrons. The van der Waals surface area contributed by atoms with Crippen molar-refractivity contribution < 1.29 is 0 Å². The van der Waals surface area contributed by atoms with Crippen LogP contribution in [0.5, 0.6) is 0 Å². The molecule has 0 amide bonds. The summed E-state index contributed by atoms with van der Waals surface area (Å²) in [7, 11) is 0. The molecular formula is C14H20N2. The number of hydrogen-bond donors (Lipinski definition) is 1. The number of aryl methyl sites for hydroxylation is 1. The van der Waals surface area contributed by atoms with E-state index in [0.717, 1.165) is 0 Å². The van der Waals surface area contributed by atoms with E-state index in [9.17, 15) is 0 Å². The highest BCUT2D eigenvalue weighted by Crippen LogP contribution is 2.30. The second-order valence-corrected chi connectivity index (χ2v) is 5.12. The zero-order valence-corrected chi connectivity index (χ0v) is 10.00. The molecule has 0 bridgehead atoms. The van der Waals surface area contributed by atoms with E-state index < -0.39 is 0 Å². The van der Waals surface area contributed by atoms with Gasteiger partial charge >= 0.3 is 0 Å². The highest BCUT2D eigenvalue weighted by Gasteiger charge is 2.17. The molecule has 2 nitrogen and oxygen atoms in total. The molecule has 2 aliphatic heterocycles. The molecular weight excluding hydrogens is 196 g/mol. The van der Waals surface area contributed by atoms with E-state index in [1.807, 2.05) is 0 Å². The Balaban J connectivity index is 1.87. The van der Waals surface area contributed by atoms with Gasteiger partial charge < -0.3 is 10.2 Å². The minimum Gasteiger partial charge on any atom is -0.382 e. The summed E-state index contributed by atoms with van der Waals surface area (Å²) in [6.45, 7) is 4.74. The summed E-state index contributed by atoms with van der Waals surface area (Å²) >= 11 is 0. The van der Waals surface area contributed by atoms with Gasteiger partial charge in [0.15, 0.2) is 0 Å². The number of fused-ring (bicyclic) bond motifs is 1. The zero-order chi connectivity index (χ0) is 11.0. The maximum Gasteiger partial charge on any atom is 0.0376 e. The molecule has 0 spiro atoms. The first-order chi connectivity index (χ1) is 7.83. The van der Waals surface area contributed by atoms with Gasteiger partial charge in [-0.15, -0.1) is 0 Å². The van der Waals surface area contributed by atoms with Gasteiger partial charge in [0.2, 0.25) is 0 Å². The van der Waals surface area contributed by atoms with Crippen molar-refractivity contribution in [2.24, 2.45) is 0 Å². The van der Waals surface area contributed by atoms with Crippen LogP contribution in [0.25, 0.3) is 0 Å². The van der Waals surface area contributed by atoms with Gasteiger partial charge in [0, 0.05) is 30.5 Å². The lowest BCUT2D eigenvalue weighted by Crippen LogP contribution is -2.23.